The zero-order chi connectivity index (χ0) is 15.9. The van der Waals surface area contributed by atoms with Crippen LogP contribution in [-0.2, 0) is 0 Å². The molecule has 0 fully saturated rings. The Morgan fingerprint density at radius 1 is 1.00 bits per heavy atom. The minimum atomic E-state index is -1.00. The molecule has 0 amide bonds. The summed E-state index contributed by atoms with van der Waals surface area (Å²) in [4.78, 5) is 10.1. The average molecular weight is 289 g/mol. The van der Waals surface area contributed by atoms with Gasteiger partial charge in [0.15, 0.2) is 0 Å². The minimum absolute atomic E-state index is 0.190. The summed E-state index contributed by atoms with van der Waals surface area (Å²) < 4.78 is 5.13. The number of nitro groups is 1. The lowest BCUT2D eigenvalue weighted by Crippen LogP contribution is -2.08. The Hall–Kier alpha value is -2.14. The minimum Gasteiger partial charge on any atom is -0.403 e. The third-order valence-electron chi connectivity index (χ3n) is 4.39. The maximum atomic E-state index is 10.7. The molecule has 0 saturated heterocycles. The molecule has 1 aromatic carbocycles. The van der Waals surface area contributed by atoms with Gasteiger partial charge >= 0.3 is 5.88 Å². The topological polar surface area (TPSA) is 76.5 Å². The normalized spacial score (nSPS) is 12.5. The van der Waals surface area contributed by atoms with Crippen LogP contribution < -0.4 is 0 Å². The van der Waals surface area contributed by atoms with Gasteiger partial charge < -0.3 is 9.52 Å². The predicted octanol–water partition coefficient (Wildman–Crippen LogP) is 3.81. The molecule has 1 atom stereocenters. The third-order valence-corrected chi connectivity index (χ3v) is 4.39. The number of furan rings is 1. The van der Waals surface area contributed by atoms with E-state index in [1.165, 1.54) is 17.7 Å². The van der Waals surface area contributed by atoms with Gasteiger partial charge in [-0.05, 0) is 74.1 Å². The fraction of sp³-hybridized carbons (Fsp3) is 0.375. The first kappa shape index (κ1) is 15.3. The van der Waals surface area contributed by atoms with E-state index in [4.69, 9.17) is 4.42 Å². The Bertz CT molecular complexity index is 686. The molecule has 5 nitrogen and oxygen atoms in total. The van der Waals surface area contributed by atoms with Crippen LogP contribution in [0.15, 0.2) is 16.5 Å². The van der Waals surface area contributed by atoms with Crippen molar-refractivity contribution in [2.24, 2.45) is 0 Å². The second-order valence-electron chi connectivity index (χ2n) is 5.37. The van der Waals surface area contributed by atoms with Crippen molar-refractivity contribution >= 4 is 5.88 Å². The van der Waals surface area contributed by atoms with Crippen LogP contribution in [0.3, 0.4) is 0 Å². The van der Waals surface area contributed by atoms with Crippen molar-refractivity contribution in [2.45, 2.75) is 40.7 Å². The first-order chi connectivity index (χ1) is 9.75. The number of aliphatic hydroxyl groups is 1. The number of aliphatic hydroxyl groups excluding tert-OH is 1. The van der Waals surface area contributed by atoms with Crippen LogP contribution in [-0.4, -0.2) is 10.0 Å². The Morgan fingerprint density at radius 3 is 1.90 bits per heavy atom. The molecule has 1 heterocycles. The van der Waals surface area contributed by atoms with E-state index in [-0.39, 0.29) is 11.6 Å². The van der Waals surface area contributed by atoms with Gasteiger partial charge in [-0.1, -0.05) is 0 Å². The second-order valence-corrected chi connectivity index (χ2v) is 5.37. The maximum absolute atomic E-state index is 10.7. The molecular formula is C16H19NO4. The summed E-state index contributed by atoms with van der Waals surface area (Å²) in [5.41, 5.74) is 6.18. The van der Waals surface area contributed by atoms with E-state index in [0.717, 1.165) is 27.8 Å². The lowest BCUT2D eigenvalue weighted by molar-refractivity contribution is -0.402. The molecule has 0 bridgehead atoms. The summed E-state index contributed by atoms with van der Waals surface area (Å²) in [5, 5.41) is 21.3. The fourth-order valence-corrected chi connectivity index (χ4v) is 2.67. The predicted molar refractivity (Wildman–Crippen MR) is 79.6 cm³/mol. The first-order valence-electron chi connectivity index (χ1n) is 6.74. The van der Waals surface area contributed by atoms with Crippen molar-refractivity contribution in [3.8, 4) is 0 Å². The molecular weight excluding hydrogens is 270 g/mol. The van der Waals surface area contributed by atoms with Crippen molar-refractivity contribution in [1.82, 2.24) is 0 Å². The zero-order valence-electron chi connectivity index (χ0n) is 12.9. The van der Waals surface area contributed by atoms with E-state index in [1.807, 2.05) is 27.7 Å². The summed E-state index contributed by atoms with van der Waals surface area (Å²) in [6.07, 6.45) is -1.00. The molecule has 1 N–H and O–H groups in total. The third kappa shape index (κ3) is 2.45. The van der Waals surface area contributed by atoms with Crippen LogP contribution in [0.25, 0.3) is 0 Å². The second kappa shape index (κ2) is 5.33. The SMILES string of the molecule is Cc1c(C)c(C)c(C(O)c2ccc([N+](=O)[O-])o2)c(C)c1C. The maximum Gasteiger partial charge on any atom is 0.433 e. The summed E-state index contributed by atoms with van der Waals surface area (Å²) in [6, 6.07) is 2.71. The standard InChI is InChI=1S/C16H19NO4/c1-8-9(2)11(4)15(12(5)10(8)3)16(18)13-6-7-14(21-13)17(19)20/h6-7,16,18H,1-5H3. The molecule has 0 saturated carbocycles. The summed E-state index contributed by atoms with van der Waals surface area (Å²) in [7, 11) is 0. The molecule has 0 aliphatic heterocycles. The van der Waals surface area contributed by atoms with E-state index >= 15 is 0 Å². The highest BCUT2D eigenvalue weighted by Crippen LogP contribution is 2.35. The van der Waals surface area contributed by atoms with Crippen LogP contribution in [0.5, 0.6) is 0 Å². The molecule has 0 aliphatic carbocycles. The Labute approximate surface area is 123 Å². The van der Waals surface area contributed by atoms with Gasteiger partial charge in [0, 0.05) is 0 Å². The number of rotatable bonds is 3. The highest BCUT2D eigenvalue weighted by molar-refractivity contribution is 5.51. The van der Waals surface area contributed by atoms with E-state index < -0.39 is 11.0 Å². The first-order valence-corrected chi connectivity index (χ1v) is 6.74. The quantitative estimate of drug-likeness (QED) is 0.688. The number of benzene rings is 1. The Kier molecular flexibility index (Phi) is 3.87. The van der Waals surface area contributed by atoms with E-state index in [0.29, 0.717) is 0 Å². The van der Waals surface area contributed by atoms with Crippen molar-refractivity contribution < 1.29 is 14.4 Å². The highest BCUT2D eigenvalue weighted by Gasteiger charge is 2.24. The van der Waals surface area contributed by atoms with Gasteiger partial charge in [0.1, 0.15) is 16.8 Å². The van der Waals surface area contributed by atoms with Crippen molar-refractivity contribution in [3.63, 3.8) is 0 Å². The number of hydrogen-bond donors (Lipinski definition) is 1. The highest BCUT2D eigenvalue weighted by atomic mass is 16.6. The van der Waals surface area contributed by atoms with Crippen molar-refractivity contribution in [2.75, 3.05) is 0 Å². The van der Waals surface area contributed by atoms with Crippen LogP contribution in [0, 0.1) is 44.7 Å². The molecule has 5 heteroatoms. The smallest absolute Gasteiger partial charge is 0.403 e. The molecule has 1 aromatic heterocycles. The molecule has 0 radical (unpaired) electrons. The lowest BCUT2D eigenvalue weighted by atomic mass is 9.86. The van der Waals surface area contributed by atoms with Gasteiger partial charge in [-0.2, -0.15) is 0 Å². The molecule has 2 rings (SSSR count). The average Bonchev–Trinajstić information content (AvgIpc) is 2.93. The number of nitrogens with zero attached hydrogens (tertiary/aromatic N) is 1. The summed E-state index contributed by atoms with van der Waals surface area (Å²) in [6.45, 7) is 9.98. The van der Waals surface area contributed by atoms with Crippen LogP contribution >= 0.6 is 0 Å². The van der Waals surface area contributed by atoms with Gasteiger partial charge in [-0.3, -0.25) is 10.1 Å². The Balaban J connectivity index is 2.57. The fourth-order valence-electron chi connectivity index (χ4n) is 2.67. The largest absolute Gasteiger partial charge is 0.433 e. The molecule has 1 unspecified atom stereocenters. The van der Waals surface area contributed by atoms with Crippen LogP contribution in [0.1, 0.15) is 45.2 Å². The molecule has 21 heavy (non-hydrogen) atoms. The van der Waals surface area contributed by atoms with Gasteiger partial charge in [0.05, 0.1) is 6.07 Å². The van der Waals surface area contributed by atoms with Crippen molar-refractivity contribution in [1.29, 1.82) is 0 Å². The number of hydrogen-bond acceptors (Lipinski definition) is 4. The van der Waals surface area contributed by atoms with Gasteiger partial charge in [0.2, 0.25) is 0 Å². The lowest BCUT2D eigenvalue weighted by Gasteiger charge is -2.21. The Morgan fingerprint density at radius 2 is 1.48 bits per heavy atom. The van der Waals surface area contributed by atoms with E-state index in [1.54, 1.807) is 0 Å². The zero-order valence-corrected chi connectivity index (χ0v) is 12.9. The van der Waals surface area contributed by atoms with E-state index in [9.17, 15) is 15.2 Å². The van der Waals surface area contributed by atoms with E-state index in [2.05, 4.69) is 6.92 Å². The van der Waals surface area contributed by atoms with Gasteiger partial charge in [0.25, 0.3) is 0 Å². The van der Waals surface area contributed by atoms with Gasteiger partial charge in [-0.25, -0.2) is 0 Å². The molecule has 2 aromatic rings. The summed E-state index contributed by atoms with van der Waals surface area (Å²) in [5.74, 6) is -0.171. The van der Waals surface area contributed by atoms with Crippen LogP contribution in [0.4, 0.5) is 5.88 Å². The molecule has 0 aliphatic rings. The monoisotopic (exact) mass is 289 g/mol. The molecule has 112 valence electrons. The van der Waals surface area contributed by atoms with Gasteiger partial charge in [-0.15, -0.1) is 0 Å². The van der Waals surface area contributed by atoms with Crippen LogP contribution in [0.2, 0.25) is 0 Å². The molecule has 0 spiro atoms. The van der Waals surface area contributed by atoms with Crippen molar-refractivity contribution in [3.05, 3.63) is 61.4 Å². The summed E-state index contributed by atoms with van der Waals surface area (Å²) >= 11 is 0.